The summed E-state index contributed by atoms with van der Waals surface area (Å²) in [7, 11) is 0. The Kier molecular flexibility index (Phi) is 5.68. The molecule has 0 aliphatic carbocycles. The van der Waals surface area contributed by atoms with Crippen LogP contribution >= 0.6 is 0 Å². The SMILES string of the molecule is CC(C)C[C@@H](C)C[C@H](C)C[C@@H](C)[C@H]1OC(=O)[C@@H]1C. The zero-order valence-electron chi connectivity index (χ0n) is 12.9. The first-order chi connectivity index (χ1) is 8.31. The molecular weight excluding hydrogens is 224 g/mol. The van der Waals surface area contributed by atoms with E-state index in [0.29, 0.717) is 5.92 Å². The van der Waals surface area contributed by atoms with Crippen molar-refractivity contribution in [2.24, 2.45) is 29.6 Å². The summed E-state index contributed by atoms with van der Waals surface area (Å²) in [5.74, 6) is 2.90. The smallest absolute Gasteiger partial charge is 0.312 e. The van der Waals surface area contributed by atoms with Crippen LogP contribution in [0.3, 0.4) is 0 Å². The molecule has 1 rings (SSSR count). The van der Waals surface area contributed by atoms with Gasteiger partial charge in [0.1, 0.15) is 6.10 Å². The molecular formula is C16H30O2. The van der Waals surface area contributed by atoms with E-state index in [1.54, 1.807) is 0 Å². The van der Waals surface area contributed by atoms with Crippen LogP contribution in [-0.4, -0.2) is 12.1 Å². The van der Waals surface area contributed by atoms with Crippen LogP contribution in [0.25, 0.3) is 0 Å². The third-order valence-corrected chi connectivity index (χ3v) is 4.13. The fourth-order valence-corrected chi connectivity index (χ4v) is 3.47. The maximum Gasteiger partial charge on any atom is 0.312 e. The first kappa shape index (κ1) is 15.5. The van der Waals surface area contributed by atoms with Crippen molar-refractivity contribution in [3.63, 3.8) is 0 Å². The Bertz CT molecular complexity index is 272. The maximum absolute atomic E-state index is 11.1. The Morgan fingerprint density at radius 2 is 1.56 bits per heavy atom. The minimum absolute atomic E-state index is 0.0207. The molecule has 0 amide bonds. The predicted octanol–water partition coefficient (Wildman–Crippen LogP) is 4.28. The van der Waals surface area contributed by atoms with Crippen molar-refractivity contribution in [2.45, 2.75) is 66.9 Å². The molecule has 0 radical (unpaired) electrons. The van der Waals surface area contributed by atoms with Crippen molar-refractivity contribution in [3.8, 4) is 0 Å². The highest BCUT2D eigenvalue weighted by Crippen LogP contribution is 2.33. The molecule has 0 saturated carbocycles. The third-order valence-electron chi connectivity index (χ3n) is 4.13. The normalized spacial score (nSPS) is 28.5. The second kappa shape index (κ2) is 6.58. The van der Waals surface area contributed by atoms with Crippen LogP contribution < -0.4 is 0 Å². The fraction of sp³-hybridized carbons (Fsp3) is 0.938. The van der Waals surface area contributed by atoms with E-state index in [1.807, 2.05) is 6.92 Å². The van der Waals surface area contributed by atoms with Crippen LogP contribution in [0.4, 0.5) is 0 Å². The number of esters is 1. The quantitative estimate of drug-likeness (QED) is 0.634. The number of hydrogen-bond acceptors (Lipinski definition) is 2. The molecule has 2 heteroatoms. The average Bonchev–Trinajstić information content (AvgIpc) is 2.23. The van der Waals surface area contributed by atoms with Gasteiger partial charge < -0.3 is 4.74 Å². The van der Waals surface area contributed by atoms with Crippen molar-refractivity contribution in [2.75, 3.05) is 0 Å². The summed E-state index contributed by atoms with van der Waals surface area (Å²) < 4.78 is 5.24. The minimum atomic E-state index is -0.0207. The van der Waals surface area contributed by atoms with E-state index in [2.05, 4.69) is 34.6 Å². The molecule has 5 atom stereocenters. The minimum Gasteiger partial charge on any atom is -0.461 e. The first-order valence-electron chi connectivity index (χ1n) is 7.51. The van der Waals surface area contributed by atoms with Gasteiger partial charge in [-0.15, -0.1) is 0 Å². The number of carbonyl (C=O) groups is 1. The second-order valence-corrected chi connectivity index (χ2v) is 6.98. The summed E-state index contributed by atoms with van der Waals surface area (Å²) in [6, 6.07) is 0. The lowest BCUT2D eigenvalue weighted by atomic mass is 9.80. The largest absolute Gasteiger partial charge is 0.461 e. The molecule has 1 saturated heterocycles. The zero-order valence-corrected chi connectivity index (χ0v) is 12.9. The Morgan fingerprint density at radius 3 is 2.00 bits per heavy atom. The fourth-order valence-electron chi connectivity index (χ4n) is 3.47. The molecule has 106 valence electrons. The van der Waals surface area contributed by atoms with Crippen molar-refractivity contribution < 1.29 is 9.53 Å². The summed E-state index contributed by atoms with van der Waals surface area (Å²) in [5.41, 5.74) is 0. The topological polar surface area (TPSA) is 26.3 Å². The van der Waals surface area contributed by atoms with Gasteiger partial charge in [-0.25, -0.2) is 0 Å². The van der Waals surface area contributed by atoms with E-state index in [-0.39, 0.29) is 18.0 Å². The van der Waals surface area contributed by atoms with Crippen LogP contribution in [0.2, 0.25) is 0 Å². The molecule has 0 aromatic rings. The molecule has 18 heavy (non-hydrogen) atoms. The summed E-state index contributed by atoms with van der Waals surface area (Å²) >= 11 is 0. The van der Waals surface area contributed by atoms with Crippen LogP contribution in [0, 0.1) is 29.6 Å². The van der Waals surface area contributed by atoms with Gasteiger partial charge >= 0.3 is 5.97 Å². The van der Waals surface area contributed by atoms with Gasteiger partial charge in [0.15, 0.2) is 0 Å². The van der Waals surface area contributed by atoms with E-state index in [4.69, 9.17) is 4.74 Å². The number of carbonyl (C=O) groups excluding carboxylic acids is 1. The number of hydrogen-bond donors (Lipinski definition) is 0. The summed E-state index contributed by atoms with van der Waals surface area (Å²) in [6.07, 6.45) is 3.94. The van der Waals surface area contributed by atoms with Gasteiger partial charge in [-0.05, 0) is 49.9 Å². The molecule has 1 fully saturated rings. The van der Waals surface area contributed by atoms with E-state index in [1.165, 1.54) is 19.3 Å². The van der Waals surface area contributed by atoms with Gasteiger partial charge in [0.25, 0.3) is 0 Å². The number of ether oxygens (including phenoxy) is 1. The molecule has 1 aliphatic heterocycles. The highest BCUT2D eigenvalue weighted by atomic mass is 16.6. The molecule has 0 aromatic carbocycles. The van der Waals surface area contributed by atoms with Gasteiger partial charge in [0, 0.05) is 0 Å². The van der Waals surface area contributed by atoms with Crippen molar-refractivity contribution in [1.82, 2.24) is 0 Å². The molecule has 0 unspecified atom stereocenters. The zero-order chi connectivity index (χ0) is 13.9. The third kappa shape index (κ3) is 4.29. The van der Waals surface area contributed by atoms with E-state index in [0.717, 1.165) is 17.8 Å². The second-order valence-electron chi connectivity index (χ2n) is 6.98. The Morgan fingerprint density at radius 1 is 1.00 bits per heavy atom. The predicted molar refractivity (Wildman–Crippen MR) is 75.2 cm³/mol. The lowest BCUT2D eigenvalue weighted by Gasteiger charge is -2.38. The van der Waals surface area contributed by atoms with E-state index in [9.17, 15) is 4.79 Å². The maximum atomic E-state index is 11.1. The Balaban J connectivity index is 2.27. The monoisotopic (exact) mass is 254 g/mol. The number of cyclic esters (lactones) is 1. The highest BCUT2D eigenvalue weighted by molar-refractivity contribution is 5.78. The molecule has 0 bridgehead atoms. The molecule has 1 heterocycles. The van der Waals surface area contributed by atoms with Crippen molar-refractivity contribution in [3.05, 3.63) is 0 Å². The Labute approximate surface area is 112 Å². The van der Waals surface area contributed by atoms with E-state index >= 15 is 0 Å². The standard InChI is InChI=1S/C16H30O2/c1-10(2)7-11(3)8-12(4)9-13(5)15-14(6)16(17)18-15/h10-15H,7-9H2,1-6H3/t11-,12+,13-,14-,15-/m1/s1. The molecule has 2 nitrogen and oxygen atoms in total. The molecule has 1 aliphatic rings. The summed E-state index contributed by atoms with van der Waals surface area (Å²) in [5, 5.41) is 0. The van der Waals surface area contributed by atoms with Crippen LogP contribution in [-0.2, 0) is 9.53 Å². The lowest BCUT2D eigenvalue weighted by Crippen LogP contribution is -2.47. The molecule has 0 N–H and O–H groups in total. The van der Waals surface area contributed by atoms with Gasteiger partial charge in [0.2, 0.25) is 0 Å². The van der Waals surface area contributed by atoms with Gasteiger partial charge in [-0.1, -0.05) is 34.6 Å². The summed E-state index contributed by atoms with van der Waals surface area (Å²) in [4.78, 5) is 11.1. The lowest BCUT2D eigenvalue weighted by molar-refractivity contribution is -0.189. The number of rotatable bonds is 7. The van der Waals surface area contributed by atoms with Gasteiger partial charge in [-0.3, -0.25) is 4.79 Å². The highest BCUT2D eigenvalue weighted by Gasteiger charge is 2.42. The average molecular weight is 254 g/mol. The van der Waals surface area contributed by atoms with E-state index < -0.39 is 0 Å². The van der Waals surface area contributed by atoms with Crippen LogP contribution in [0.1, 0.15) is 60.8 Å². The van der Waals surface area contributed by atoms with Crippen LogP contribution in [0.5, 0.6) is 0 Å². The van der Waals surface area contributed by atoms with Crippen molar-refractivity contribution in [1.29, 1.82) is 0 Å². The van der Waals surface area contributed by atoms with Crippen molar-refractivity contribution >= 4 is 5.97 Å². The first-order valence-corrected chi connectivity index (χ1v) is 7.51. The summed E-state index contributed by atoms with van der Waals surface area (Å²) in [6.45, 7) is 13.5. The molecule has 0 spiro atoms. The van der Waals surface area contributed by atoms with Gasteiger partial charge in [0.05, 0.1) is 5.92 Å². The van der Waals surface area contributed by atoms with Gasteiger partial charge in [-0.2, -0.15) is 0 Å². The van der Waals surface area contributed by atoms with Crippen LogP contribution in [0.15, 0.2) is 0 Å². The molecule has 0 aromatic heterocycles. The Hall–Kier alpha value is -0.530.